The summed E-state index contributed by atoms with van der Waals surface area (Å²) in [6.45, 7) is 0. The number of fused-ring (bicyclic) bond motifs is 3. The van der Waals surface area contributed by atoms with Gasteiger partial charge in [0.05, 0.1) is 0 Å². The molecule has 0 radical (unpaired) electrons. The highest BCUT2D eigenvalue weighted by molar-refractivity contribution is 8.00. The van der Waals surface area contributed by atoms with Crippen molar-refractivity contribution in [1.29, 1.82) is 0 Å². The van der Waals surface area contributed by atoms with Gasteiger partial charge in [-0.2, -0.15) is 11.8 Å². The second kappa shape index (κ2) is 2.94. The highest BCUT2D eigenvalue weighted by Gasteiger charge is 2.45. The molecule has 3 fully saturated rings. The largest absolute Gasteiger partial charge is 0.158 e. The van der Waals surface area contributed by atoms with Crippen molar-refractivity contribution in [3.8, 4) is 0 Å². The topological polar surface area (TPSA) is 0 Å². The first-order valence-electron chi connectivity index (χ1n) is 5.57. The third-order valence-electron chi connectivity index (χ3n) is 4.31. The van der Waals surface area contributed by atoms with Crippen LogP contribution in [0.3, 0.4) is 0 Å². The van der Waals surface area contributed by atoms with Gasteiger partial charge in [0.25, 0.3) is 0 Å². The van der Waals surface area contributed by atoms with Crippen molar-refractivity contribution in [3.63, 3.8) is 0 Å². The van der Waals surface area contributed by atoms with E-state index in [1.165, 1.54) is 24.5 Å². The predicted octanol–water partition coefficient (Wildman–Crippen LogP) is 3.32. The average Bonchev–Trinajstić information content (AvgIpc) is 2.62. The van der Waals surface area contributed by atoms with Crippen molar-refractivity contribution in [3.05, 3.63) is 0 Å². The third-order valence-corrected chi connectivity index (χ3v) is 5.76. The van der Waals surface area contributed by atoms with E-state index < -0.39 is 0 Å². The van der Waals surface area contributed by atoms with Crippen molar-refractivity contribution in [1.82, 2.24) is 0 Å². The van der Waals surface area contributed by atoms with Crippen LogP contribution < -0.4 is 0 Å². The highest BCUT2D eigenvalue weighted by Crippen LogP contribution is 2.54. The molecular formula is C11H18S. The third kappa shape index (κ3) is 1.05. The van der Waals surface area contributed by atoms with Crippen molar-refractivity contribution >= 4 is 11.8 Å². The summed E-state index contributed by atoms with van der Waals surface area (Å²) in [4.78, 5) is 0. The summed E-state index contributed by atoms with van der Waals surface area (Å²) in [6.07, 6.45) is 9.35. The van der Waals surface area contributed by atoms with E-state index in [9.17, 15) is 0 Å². The first-order chi connectivity index (χ1) is 5.95. The number of thioether (sulfide) groups is 1. The summed E-state index contributed by atoms with van der Waals surface area (Å²) in [6, 6.07) is 0. The van der Waals surface area contributed by atoms with Crippen molar-refractivity contribution in [2.45, 2.75) is 43.8 Å². The molecule has 2 saturated carbocycles. The SMILES string of the molecule is C1CCC2C(C1)CC1SCCC12. The first-order valence-corrected chi connectivity index (χ1v) is 6.61. The lowest BCUT2D eigenvalue weighted by Crippen LogP contribution is -2.19. The number of rotatable bonds is 0. The van der Waals surface area contributed by atoms with Crippen LogP contribution in [0.1, 0.15) is 38.5 Å². The van der Waals surface area contributed by atoms with Crippen LogP contribution in [0, 0.1) is 17.8 Å². The molecule has 0 spiro atoms. The Balaban J connectivity index is 1.79. The molecule has 12 heavy (non-hydrogen) atoms. The minimum absolute atomic E-state index is 1.10. The zero-order chi connectivity index (χ0) is 7.97. The summed E-state index contributed by atoms with van der Waals surface area (Å²) in [5, 5.41) is 1.10. The lowest BCUT2D eigenvalue weighted by Gasteiger charge is -2.28. The highest BCUT2D eigenvalue weighted by atomic mass is 32.2. The van der Waals surface area contributed by atoms with Gasteiger partial charge in [0, 0.05) is 5.25 Å². The Kier molecular flexibility index (Phi) is 1.89. The van der Waals surface area contributed by atoms with Crippen LogP contribution in [0.5, 0.6) is 0 Å². The maximum absolute atomic E-state index is 2.28. The number of hydrogen-bond donors (Lipinski definition) is 0. The fourth-order valence-electron chi connectivity index (χ4n) is 3.79. The molecule has 1 heteroatoms. The Morgan fingerprint density at radius 2 is 1.83 bits per heavy atom. The molecule has 1 saturated heterocycles. The van der Waals surface area contributed by atoms with E-state index in [4.69, 9.17) is 0 Å². The van der Waals surface area contributed by atoms with Crippen molar-refractivity contribution in [2.75, 3.05) is 5.75 Å². The minimum Gasteiger partial charge on any atom is -0.158 e. The summed E-state index contributed by atoms with van der Waals surface area (Å²) >= 11 is 2.28. The average molecular weight is 182 g/mol. The summed E-state index contributed by atoms with van der Waals surface area (Å²) < 4.78 is 0. The van der Waals surface area contributed by atoms with Gasteiger partial charge in [-0.05, 0) is 42.8 Å². The Labute approximate surface area is 79.5 Å². The molecule has 0 bridgehead atoms. The van der Waals surface area contributed by atoms with E-state index in [2.05, 4.69) is 11.8 Å². The maximum Gasteiger partial charge on any atom is 0.00811 e. The second-order valence-corrected chi connectivity index (χ2v) is 6.15. The van der Waals surface area contributed by atoms with Gasteiger partial charge < -0.3 is 0 Å². The van der Waals surface area contributed by atoms with E-state index in [0.29, 0.717) is 0 Å². The van der Waals surface area contributed by atoms with Gasteiger partial charge in [-0.1, -0.05) is 19.3 Å². The summed E-state index contributed by atoms with van der Waals surface area (Å²) in [7, 11) is 0. The van der Waals surface area contributed by atoms with Gasteiger partial charge in [-0.15, -0.1) is 0 Å². The summed E-state index contributed by atoms with van der Waals surface area (Å²) in [5.74, 6) is 4.94. The Morgan fingerprint density at radius 3 is 2.83 bits per heavy atom. The molecule has 1 heterocycles. The Hall–Kier alpha value is 0.350. The zero-order valence-electron chi connectivity index (χ0n) is 7.67. The van der Waals surface area contributed by atoms with Crippen LogP contribution in [-0.2, 0) is 0 Å². The van der Waals surface area contributed by atoms with Crippen LogP contribution in [0.4, 0.5) is 0 Å². The smallest absolute Gasteiger partial charge is 0.00811 e. The van der Waals surface area contributed by atoms with Crippen LogP contribution >= 0.6 is 11.8 Å². The molecule has 1 aliphatic heterocycles. The van der Waals surface area contributed by atoms with Gasteiger partial charge in [0.15, 0.2) is 0 Å². The van der Waals surface area contributed by atoms with Crippen molar-refractivity contribution in [2.24, 2.45) is 17.8 Å². The first kappa shape index (κ1) is 7.73. The van der Waals surface area contributed by atoms with E-state index in [1.807, 2.05) is 0 Å². The molecule has 0 nitrogen and oxygen atoms in total. The monoisotopic (exact) mass is 182 g/mol. The fraction of sp³-hybridized carbons (Fsp3) is 1.00. The fourth-order valence-corrected chi connectivity index (χ4v) is 5.47. The van der Waals surface area contributed by atoms with Crippen LogP contribution in [0.25, 0.3) is 0 Å². The Morgan fingerprint density at radius 1 is 0.917 bits per heavy atom. The summed E-state index contributed by atoms with van der Waals surface area (Å²) in [5.41, 5.74) is 0. The minimum atomic E-state index is 1.10. The van der Waals surface area contributed by atoms with E-state index in [-0.39, 0.29) is 0 Å². The van der Waals surface area contributed by atoms with Crippen molar-refractivity contribution < 1.29 is 0 Å². The van der Waals surface area contributed by atoms with E-state index in [0.717, 1.165) is 17.1 Å². The molecule has 68 valence electrons. The predicted molar refractivity (Wildman–Crippen MR) is 54.4 cm³/mol. The Bertz CT molecular complexity index is 178. The van der Waals surface area contributed by atoms with Crippen LogP contribution in [0.2, 0.25) is 0 Å². The molecule has 4 unspecified atom stereocenters. The lowest BCUT2D eigenvalue weighted by atomic mass is 9.77. The number of hydrogen-bond acceptors (Lipinski definition) is 1. The normalized spacial score (nSPS) is 52.0. The quantitative estimate of drug-likeness (QED) is 0.554. The van der Waals surface area contributed by atoms with Gasteiger partial charge in [0.2, 0.25) is 0 Å². The van der Waals surface area contributed by atoms with Crippen LogP contribution in [0.15, 0.2) is 0 Å². The standard InChI is InChI=1S/C11H18S/c1-2-4-9-8(3-1)7-11-10(9)5-6-12-11/h8-11H,1-7H2. The molecule has 0 amide bonds. The van der Waals surface area contributed by atoms with E-state index in [1.54, 1.807) is 25.7 Å². The molecule has 3 aliphatic rings. The molecule has 0 aromatic rings. The van der Waals surface area contributed by atoms with Gasteiger partial charge in [-0.25, -0.2) is 0 Å². The molecule has 0 aromatic carbocycles. The zero-order valence-corrected chi connectivity index (χ0v) is 8.48. The van der Waals surface area contributed by atoms with E-state index >= 15 is 0 Å². The maximum atomic E-state index is 2.28. The van der Waals surface area contributed by atoms with Crippen LogP contribution in [-0.4, -0.2) is 11.0 Å². The lowest BCUT2D eigenvalue weighted by molar-refractivity contribution is 0.228. The molecule has 2 aliphatic carbocycles. The second-order valence-electron chi connectivity index (χ2n) is 4.81. The molecule has 4 atom stereocenters. The molecular weight excluding hydrogens is 164 g/mol. The molecule has 3 rings (SSSR count). The van der Waals surface area contributed by atoms with Gasteiger partial charge in [0.1, 0.15) is 0 Å². The molecule has 0 N–H and O–H groups in total. The molecule has 0 aromatic heterocycles. The van der Waals surface area contributed by atoms with Gasteiger partial charge >= 0.3 is 0 Å². The van der Waals surface area contributed by atoms with Gasteiger partial charge in [-0.3, -0.25) is 0 Å².